The second-order valence-corrected chi connectivity index (χ2v) is 5.69. The summed E-state index contributed by atoms with van der Waals surface area (Å²) in [6, 6.07) is 3.01. The Morgan fingerprint density at radius 2 is 2.17 bits per heavy atom. The van der Waals surface area contributed by atoms with E-state index in [1.54, 1.807) is 6.07 Å². The monoisotopic (exact) mass is 269 g/mol. The highest BCUT2D eigenvalue weighted by molar-refractivity contribution is 7.87. The van der Waals surface area contributed by atoms with Crippen LogP contribution in [0, 0.1) is 0 Å². The Balaban J connectivity index is 2.50. The molecule has 2 rings (SSSR count). The minimum atomic E-state index is -3.78. The molecule has 0 atom stereocenters. The molecule has 0 saturated carbocycles. The minimum Gasteiger partial charge on any atom is -0.461 e. The van der Waals surface area contributed by atoms with Crippen LogP contribution in [0.5, 0.6) is 0 Å². The van der Waals surface area contributed by atoms with Gasteiger partial charge in [0.25, 0.3) is 0 Å². The number of nitrogens with zero attached hydrogens (tertiary/aromatic N) is 3. The second-order valence-electron chi connectivity index (χ2n) is 3.67. The summed E-state index contributed by atoms with van der Waals surface area (Å²) in [6.45, 7) is 0. The van der Waals surface area contributed by atoms with Crippen molar-refractivity contribution in [1.29, 1.82) is 0 Å². The smallest absolute Gasteiger partial charge is 0.308 e. The molecule has 96 valence electrons. The molecule has 2 aromatic heterocycles. The zero-order valence-corrected chi connectivity index (χ0v) is 10.6. The predicted molar refractivity (Wildman–Crippen MR) is 62.4 cm³/mol. The van der Waals surface area contributed by atoms with Crippen molar-refractivity contribution in [1.82, 2.24) is 13.3 Å². The van der Waals surface area contributed by atoms with E-state index in [0.717, 1.165) is 14.6 Å². The lowest BCUT2D eigenvalue weighted by atomic mass is 10.2. The number of hydrogen-bond acceptors (Lipinski definition) is 5. The molecule has 2 aromatic rings. The standard InChI is InChI=1S/C10H11N3O4S/c1-12(2)18(15,16)13-7-11-6-8(13)10(14)9-4-3-5-17-9/h3-7H,1-2H3. The molecule has 0 bridgehead atoms. The number of furan rings is 1. The molecular weight excluding hydrogens is 258 g/mol. The van der Waals surface area contributed by atoms with Crippen molar-refractivity contribution >= 4 is 16.0 Å². The summed E-state index contributed by atoms with van der Waals surface area (Å²) in [4.78, 5) is 15.7. The highest BCUT2D eigenvalue weighted by Crippen LogP contribution is 2.13. The van der Waals surface area contributed by atoms with Crippen LogP contribution < -0.4 is 0 Å². The van der Waals surface area contributed by atoms with Gasteiger partial charge in [-0.2, -0.15) is 12.7 Å². The van der Waals surface area contributed by atoms with Crippen molar-refractivity contribution in [3.63, 3.8) is 0 Å². The number of hydrogen-bond donors (Lipinski definition) is 0. The van der Waals surface area contributed by atoms with Gasteiger partial charge in [0.15, 0.2) is 5.76 Å². The molecule has 8 heteroatoms. The predicted octanol–water partition coefficient (Wildman–Crippen LogP) is 0.362. The summed E-state index contributed by atoms with van der Waals surface area (Å²) in [5.41, 5.74) is -0.0707. The number of imidazole rings is 1. The van der Waals surface area contributed by atoms with E-state index in [0.29, 0.717) is 0 Å². The molecule has 0 fully saturated rings. The normalized spacial score (nSPS) is 11.9. The molecule has 0 saturated heterocycles. The second kappa shape index (κ2) is 4.39. The summed E-state index contributed by atoms with van der Waals surface area (Å²) in [5.74, 6) is -0.478. The van der Waals surface area contributed by atoms with Crippen molar-refractivity contribution < 1.29 is 17.6 Å². The Labute approximate surface area is 104 Å². The average Bonchev–Trinajstić information content (AvgIpc) is 2.99. The fourth-order valence-electron chi connectivity index (χ4n) is 1.34. The Bertz CT molecular complexity index is 655. The van der Waals surface area contributed by atoms with Gasteiger partial charge in [-0.25, -0.2) is 8.96 Å². The number of ketones is 1. The number of aromatic nitrogens is 2. The van der Waals surface area contributed by atoms with E-state index in [4.69, 9.17) is 4.42 Å². The van der Waals surface area contributed by atoms with Crippen molar-refractivity contribution in [2.45, 2.75) is 0 Å². The van der Waals surface area contributed by atoms with Crippen LogP contribution in [0.2, 0.25) is 0 Å². The SMILES string of the molecule is CN(C)S(=O)(=O)n1cncc1C(=O)c1ccco1. The van der Waals surface area contributed by atoms with Crippen LogP contribution in [0.15, 0.2) is 35.3 Å². The first-order valence-electron chi connectivity index (χ1n) is 4.98. The maximum atomic E-state index is 12.0. The zero-order valence-electron chi connectivity index (χ0n) is 9.77. The minimum absolute atomic E-state index is 0.0608. The van der Waals surface area contributed by atoms with E-state index < -0.39 is 16.0 Å². The third-order valence-corrected chi connectivity index (χ3v) is 4.00. The fourth-order valence-corrected chi connectivity index (χ4v) is 2.24. The Kier molecular flexibility index (Phi) is 3.05. The fraction of sp³-hybridized carbons (Fsp3) is 0.200. The highest BCUT2D eigenvalue weighted by atomic mass is 32.2. The van der Waals surface area contributed by atoms with Crippen LogP contribution in [0.25, 0.3) is 0 Å². The first-order chi connectivity index (χ1) is 8.44. The molecule has 0 aliphatic carbocycles. The first kappa shape index (κ1) is 12.5. The first-order valence-corrected chi connectivity index (χ1v) is 6.38. The molecule has 0 aliphatic heterocycles. The topological polar surface area (TPSA) is 85.4 Å². The summed E-state index contributed by atoms with van der Waals surface area (Å²) >= 11 is 0. The van der Waals surface area contributed by atoms with Gasteiger partial charge in [-0.1, -0.05) is 0 Å². The Morgan fingerprint density at radius 3 is 2.72 bits per heavy atom. The van der Waals surface area contributed by atoms with Gasteiger partial charge in [-0.15, -0.1) is 0 Å². The highest BCUT2D eigenvalue weighted by Gasteiger charge is 2.25. The molecule has 0 radical (unpaired) electrons. The van der Waals surface area contributed by atoms with Crippen molar-refractivity contribution in [2.24, 2.45) is 0 Å². The molecule has 0 amide bonds. The Morgan fingerprint density at radius 1 is 1.44 bits per heavy atom. The lowest BCUT2D eigenvalue weighted by molar-refractivity contribution is 0.100. The Hall–Kier alpha value is -1.93. The summed E-state index contributed by atoms with van der Waals surface area (Å²) < 4.78 is 30.7. The van der Waals surface area contributed by atoms with Gasteiger partial charge in [-0.3, -0.25) is 4.79 Å². The zero-order chi connectivity index (χ0) is 13.3. The van der Waals surface area contributed by atoms with Crippen molar-refractivity contribution in [3.05, 3.63) is 42.4 Å². The number of carbonyl (C=O) groups excluding carboxylic acids is 1. The maximum Gasteiger partial charge on any atom is 0.308 e. The summed E-state index contributed by atoms with van der Waals surface area (Å²) in [5, 5.41) is 0. The summed E-state index contributed by atoms with van der Waals surface area (Å²) in [6.07, 6.45) is 3.60. The summed E-state index contributed by atoms with van der Waals surface area (Å²) in [7, 11) is -1.03. The molecule has 0 unspecified atom stereocenters. The third kappa shape index (κ3) is 1.95. The van der Waals surface area contributed by atoms with Gasteiger partial charge in [0.2, 0.25) is 5.78 Å². The molecule has 18 heavy (non-hydrogen) atoms. The molecule has 0 aromatic carbocycles. The number of carbonyl (C=O) groups is 1. The maximum absolute atomic E-state index is 12.0. The van der Waals surface area contributed by atoms with Crippen LogP contribution in [-0.2, 0) is 10.2 Å². The molecular formula is C10H11N3O4S. The molecule has 0 spiro atoms. The van der Waals surface area contributed by atoms with Crippen molar-refractivity contribution in [2.75, 3.05) is 14.1 Å². The van der Waals surface area contributed by atoms with Crippen LogP contribution >= 0.6 is 0 Å². The van der Waals surface area contributed by atoms with Crippen LogP contribution in [0.1, 0.15) is 16.2 Å². The van der Waals surface area contributed by atoms with Gasteiger partial charge < -0.3 is 4.42 Å². The molecule has 7 nitrogen and oxygen atoms in total. The van der Waals surface area contributed by atoms with Crippen molar-refractivity contribution in [3.8, 4) is 0 Å². The van der Waals surface area contributed by atoms with Gasteiger partial charge in [-0.05, 0) is 12.1 Å². The van der Waals surface area contributed by atoms with E-state index >= 15 is 0 Å². The molecule has 0 N–H and O–H groups in total. The van der Waals surface area contributed by atoms with E-state index in [1.807, 2.05) is 0 Å². The van der Waals surface area contributed by atoms with Crippen LogP contribution in [-0.4, -0.2) is 41.6 Å². The van der Waals surface area contributed by atoms with Crippen LogP contribution in [0.4, 0.5) is 0 Å². The van der Waals surface area contributed by atoms with Gasteiger partial charge in [0, 0.05) is 14.1 Å². The molecule has 2 heterocycles. The van der Waals surface area contributed by atoms with E-state index in [9.17, 15) is 13.2 Å². The van der Waals surface area contributed by atoms with E-state index in [-0.39, 0.29) is 11.5 Å². The van der Waals surface area contributed by atoms with E-state index in [1.165, 1.54) is 32.6 Å². The average molecular weight is 269 g/mol. The lowest BCUT2D eigenvalue weighted by Gasteiger charge is -2.13. The van der Waals surface area contributed by atoms with Crippen LogP contribution in [0.3, 0.4) is 0 Å². The largest absolute Gasteiger partial charge is 0.461 e. The quantitative estimate of drug-likeness (QED) is 0.748. The van der Waals surface area contributed by atoms with Gasteiger partial charge in [0.05, 0.1) is 12.5 Å². The lowest BCUT2D eigenvalue weighted by Crippen LogP contribution is -2.30. The third-order valence-electron chi connectivity index (χ3n) is 2.29. The molecule has 0 aliphatic rings. The van der Waals surface area contributed by atoms with E-state index in [2.05, 4.69) is 4.98 Å². The van der Waals surface area contributed by atoms with Gasteiger partial charge >= 0.3 is 10.2 Å². The number of rotatable bonds is 4. The van der Waals surface area contributed by atoms with Gasteiger partial charge in [0.1, 0.15) is 12.0 Å².